The lowest BCUT2D eigenvalue weighted by atomic mass is 9.92. The number of rotatable bonds is 3. The van der Waals surface area contributed by atoms with E-state index in [1.165, 1.54) is 19.5 Å². The highest BCUT2D eigenvalue weighted by Gasteiger charge is 2.22. The zero-order valence-electron chi connectivity index (χ0n) is 13.2. The van der Waals surface area contributed by atoms with Gasteiger partial charge in [0, 0.05) is 38.9 Å². The van der Waals surface area contributed by atoms with E-state index in [2.05, 4.69) is 28.6 Å². The van der Waals surface area contributed by atoms with Crippen molar-refractivity contribution in [3.05, 3.63) is 18.0 Å². The van der Waals surface area contributed by atoms with Gasteiger partial charge in [0.25, 0.3) is 0 Å². The van der Waals surface area contributed by atoms with E-state index >= 15 is 0 Å². The minimum Gasteiger partial charge on any atom is -0.378 e. The predicted molar refractivity (Wildman–Crippen MR) is 83.3 cm³/mol. The van der Waals surface area contributed by atoms with Crippen molar-refractivity contribution < 1.29 is 4.74 Å². The van der Waals surface area contributed by atoms with Gasteiger partial charge in [-0.1, -0.05) is 13.8 Å². The summed E-state index contributed by atoms with van der Waals surface area (Å²) < 4.78 is 5.39. The summed E-state index contributed by atoms with van der Waals surface area (Å²) in [6.45, 7) is 11.3. The van der Waals surface area contributed by atoms with Crippen molar-refractivity contribution in [1.82, 2.24) is 14.9 Å². The Bertz CT molecular complexity index is 451. The Morgan fingerprint density at radius 1 is 1.19 bits per heavy atom. The molecular formula is C16H26N4O. The van der Waals surface area contributed by atoms with Gasteiger partial charge < -0.3 is 9.64 Å². The highest BCUT2D eigenvalue weighted by atomic mass is 16.5. The van der Waals surface area contributed by atoms with Gasteiger partial charge in [0.15, 0.2) is 0 Å². The Labute approximate surface area is 127 Å². The molecule has 0 bridgehead atoms. The van der Waals surface area contributed by atoms with Gasteiger partial charge in [-0.25, -0.2) is 9.97 Å². The molecule has 116 valence electrons. The molecule has 0 saturated carbocycles. The van der Waals surface area contributed by atoms with E-state index in [4.69, 9.17) is 9.72 Å². The minimum atomic E-state index is 0.773. The van der Waals surface area contributed by atoms with Crippen LogP contribution in [0, 0.1) is 11.8 Å². The van der Waals surface area contributed by atoms with Gasteiger partial charge in [0.1, 0.15) is 0 Å². The maximum Gasteiger partial charge on any atom is 0.225 e. The molecule has 2 atom stereocenters. The second kappa shape index (κ2) is 6.71. The van der Waals surface area contributed by atoms with Crippen molar-refractivity contribution >= 4 is 5.95 Å². The maximum atomic E-state index is 5.39. The van der Waals surface area contributed by atoms with Gasteiger partial charge in [-0.15, -0.1) is 0 Å². The van der Waals surface area contributed by atoms with Crippen LogP contribution in [0.5, 0.6) is 0 Å². The first kappa shape index (κ1) is 14.7. The van der Waals surface area contributed by atoms with Gasteiger partial charge in [0.2, 0.25) is 5.95 Å². The molecule has 0 spiro atoms. The third kappa shape index (κ3) is 3.92. The Hall–Kier alpha value is -1.20. The standard InChI is InChI=1S/C16H26N4O/c1-13-9-14(2)11-19(10-13)12-15-3-4-17-16(18-15)20-5-7-21-8-6-20/h3-4,13-14H,5-12H2,1-2H3. The fourth-order valence-corrected chi connectivity index (χ4v) is 3.54. The van der Waals surface area contributed by atoms with Crippen molar-refractivity contribution in [3.8, 4) is 0 Å². The summed E-state index contributed by atoms with van der Waals surface area (Å²) in [6, 6.07) is 2.05. The van der Waals surface area contributed by atoms with E-state index in [1.54, 1.807) is 0 Å². The summed E-state index contributed by atoms with van der Waals surface area (Å²) in [7, 11) is 0. The number of hydrogen-bond donors (Lipinski definition) is 0. The Balaban J connectivity index is 1.65. The summed E-state index contributed by atoms with van der Waals surface area (Å²) in [5.41, 5.74) is 1.13. The first-order valence-corrected chi connectivity index (χ1v) is 8.07. The van der Waals surface area contributed by atoms with Crippen LogP contribution in [-0.2, 0) is 11.3 Å². The number of anilines is 1. The van der Waals surface area contributed by atoms with E-state index < -0.39 is 0 Å². The lowest BCUT2D eigenvalue weighted by Crippen LogP contribution is -2.39. The van der Waals surface area contributed by atoms with Crippen molar-refractivity contribution in [2.75, 3.05) is 44.3 Å². The van der Waals surface area contributed by atoms with E-state index in [0.717, 1.165) is 56.3 Å². The van der Waals surface area contributed by atoms with Gasteiger partial charge >= 0.3 is 0 Å². The number of aromatic nitrogens is 2. The number of ether oxygens (including phenoxy) is 1. The number of morpholine rings is 1. The van der Waals surface area contributed by atoms with Crippen LogP contribution in [0.3, 0.4) is 0 Å². The summed E-state index contributed by atoms with van der Waals surface area (Å²) in [5.74, 6) is 2.43. The lowest BCUT2D eigenvalue weighted by Gasteiger charge is -2.34. The molecule has 2 aliphatic rings. The molecule has 2 fully saturated rings. The molecule has 2 saturated heterocycles. The summed E-state index contributed by atoms with van der Waals surface area (Å²) in [5, 5.41) is 0. The Kier molecular flexibility index (Phi) is 4.70. The quantitative estimate of drug-likeness (QED) is 0.849. The molecule has 1 aromatic heterocycles. The van der Waals surface area contributed by atoms with Gasteiger partial charge in [-0.2, -0.15) is 0 Å². The first-order chi connectivity index (χ1) is 10.2. The zero-order valence-corrected chi connectivity index (χ0v) is 13.2. The van der Waals surface area contributed by atoms with Crippen LogP contribution in [0.4, 0.5) is 5.95 Å². The molecule has 2 aliphatic heterocycles. The molecule has 0 N–H and O–H groups in total. The molecule has 5 nitrogen and oxygen atoms in total. The number of piperidine rings is 1. The molecule has 2 unspecified atom stereocenters. The fourth-order valence-electron chi connectivity index (χ4n) is 3.54. The summed E-state index contributed by atoms with van der Waals surface area (Å²) in [4.78, 5) is 13.9. The number of hydrogen-bond acceptors (Lipinski definition) is 5. The molecule has 5 heteroatoms. The second-order valence-corrected chi connectivity index (χ2v) is 6.59. The summed E-state index contributed by atoms with van der Waals surface area (Å²) in [6.07, 6.45) is 3.24. The highest BCUT2D eigenvalue weighted by molar-refractivity contribution is 5.30. The normalized spacial score (nSPS) is 27.8. The van der Waals surface area contributed by atoms with E-state index in [0.29, 0.717) is 0 Å². The predicted octanol–water partition coefficient (Wildman–Crippen LogP) is 1.79. The van der Waals surface area contributed by atoms with Crippen molar-refractivity contribution in [1.29, 1.82) is 0 Å². The van der Waals surface area contributed by atoms with Crippen LogP contribution in [-0.4, -0.2) is 54.3 Å². The van der Waals surface area contributed by atoms with Crippen molar-refractivity contribution in [2.45, 2.75) is 26.8 Å². The molecule has 0 aliphatic carbocycles. The molecule has 1 aromatic rings. The van der Waals surface area contributed by atoms with Gasteiger partial charge in [0.05, 0.1) is 18.9 Å². The van der Waals surface area contributed by atoms with Gasteiger partial charge in [-0.3, -0.25) is 4.90 Å². The van der Waals surface area contributed by atoms with Crippen molar-refractivity contribution in [3.63, 3.8) is 0 Å². The Morgan fingerprint density at radius 2 is 1.90 bits per heavy atom. The summed E-state index contributed by atoms with van der Waals surface area (Å²) >= 11 is 0. The third-order valence-corrected chi connectivity index (χ3v) is 4.32. The SMILES string of the molecule is CC1CC(C)CN(Cc2ccnc(N3CCOCC3)n2)C1. The molecule has 0 amide bonds. The molecule has 21 heavy (non-hydrogen) atoms. The van der Waals surface area contributed by atoms with Crippen LogP contribution in [0.15, 0.2) is 12.3 Å². The van der Waals surface area contributed by atoms with E-state index in [1.807, 2.05) is 12.3 Å². The van der Waals surface area contributed by atoms with Crippen LogP contribution >= 0.6 is 0 Å². The van der Waals surface area contributed by atoms with Crippen LogP contribution in [0.2, 0.25) is 0 Å². The average molecular weight is 290 g/mol. The van der Waals surface area contributed by atoms with Gasteiger partial charge in [-0.05, 0) is 24.3 Å². The van der Waals surface area contributed by atoms with Crippen LogP contribution in [0.25, 0.3) is 0 Å². The number of likely N-dealkylation sites (tertiary alicyclic amines) is 1. The third-order valence-electron chi connectivity index (χ3n) is 4.32. The fraction of sp³-hybridized carbons (Fsp3) is 0.750. The zero-order chi connectivity index (χ0) is 14.7. The van der Waals surface area contributed by atoms with Crippen LogP contribution in [0.1, 0.15) is 26.0 Å². The minimum absolute atomic E-state index is 0.773. The van der Waals surface area contributed by atoms with Crippen molar-refractivity contribution in [2.24, 2.45) is 11.8 Å². The first-order valence-electron chi connectivity index (χ1n) is 8.07. The molecule has 3 rings (SSSR count). The molecular weight excluding hydrogens is 264 g/mol. The number of nitrogens with zero attached hydrogens (tertiary/aromatic N) is 4. The van der Waals surface area contributed by atoms with Crippen LogP contribution < -0.4 is 4.90 Å². The molecule has 0 radical (unpaired) electrons. The Morgan fingerprint density at radius 3 is 2.62 bits per heavy atom. The maximum absolute atomic E-state index is 5.39. The molecule has 0 aromatic carbocycles. The topological polar surface area (TPSA) is 41.5 Å². The van der Waals surface area contributed by atoms with E-state index in [9.17, 15) is 0 Å². The second-order valence-electron chi connectivity index (χ2n) is 6.59. The van der Waals surface area contributed by atoms with E-state index in [-0.39, 0.29) is 0 Å². The lowest BCUT2D eigenvalue weighted by molar-refractivity contribution is 0.121. The largest absolute Gasteiger partial charge is 0.378 e. The monoisotopic (exact) mass is 290 g/mol. The molecule has 3 heterocycles. The average Bonchev–Trinajstić information content (AvgIpc) is 2.47. The smallest absolute Gasteiger partial charge is 0.225 e. The highest BCUT2D eigenvalue weighted by Crippen LogP contribution is 2.22.